The van der Waals surface area contributed by atoms with Gasteiger partial charge in [0.15, 0.2) is 0 Å². The summed E-state index contributed by atoms with van der Waals surface area (Å²) in [6, 6.07) is 0. The van der Waals surface area contributed by atoms with Crippen LogP contribution in [0.4, 0.5) is 0 Å². The number of rotatable bonds is 10. The summed E-state index contributed by atoms with van der Waals surface area (Å²) >= 11 is 0. The zero-order valence-electron chi connectivity index (χ0n) is 27.6. The Labute approximate surface area is 283 Å². The van der Waals surface area contributed by atoms with Crippen molar-refractivity contribution in [2.75, 3.05) is 0 Å². The summed E-state index contributed by atoms with van der Waals surface area (Å²) in [5.41, 5.74) is -0.515. The fraction of sp³-hybridized carbons (Fsp3) is 0.879. The Morgan fingerprint density at radius 1 is 0.841 bits per heavy atom. The molecule has 2 N–H and O–H groups in total. The van der Waals surface area contributed by atoms with Gasteiger partial charge in [-0.25, -0.2) is 0 Å². The predicted molar refractivity (Wildman–Crippen MR) is 153 cm³/mol. The quantitative estimate of drug-likeness (QED) is 0.190. The molecule has 0 heterocycles. The van der Waals surface area contributed by atoms with Crippen LogP contribution in [0.2, 0.25) is 0 Å². The largest absolute Gasteiger partial charge is 1.00 e. The molecule has 2 unspecified atom stereocenters. The van der Waals surface area contributed by atoms with E-state index in [1.54, 1.807) is 0 Å². The molecule has 0 aromatic rings. The Morgan fingerprint density at radius 2 is 1.48 bits per heavy atom. The molecule has 0 aromatic heterocycles. The Morgan fingerprint density at radius 3 is 2.07 bits per heavy atom. The van der Waals surface area contributed by atoms with Gasteiger partial charge in [0.25, 0.3) is 0 Å². The number of fused-ring (bicyclic) bond motifs is 5. The van der Waals surface area contributed by atoms with E-state index in [0.717, 1.165) is 32.1 Å². The molecule has 4 aliphatic rings. The minimum absolute atomic E-state index is 0. The van der Waals surface area contributed by atoms with Gasteiger partial charge in [-0.15, -0.1) is 0 Å². The molecule has 11 heteroatoms. The Kier molecular flexibility index (Phi) is 12.4. The molecule has 244 valence electrons. The number of carboxylic acids is 1. The number of carbonyl (C=O) groups is 4. The van der Waals surface area contributed by atoms with E-state index in [1.165, 1.54) is 20.8 Å². The second kappa shape index (κ2) is 14.7. The van der Waals surface area contributed by atoms with Crippen molar-refractivity contribution in [1.82, 2.24) is 0 Å². The molecule has 0 aromatic carbocycles. The van der Waals surface area contributed by atoms with Crippen LogP contribution in [0.3, 0.4) is 0 Å². The first-order chi connectivity index (χ1) is 20.1. The van der Waals surface area contributed by atoms with Crippen LogP contribution in [0.5, 0.6) is 0 Å². The van der Waals surface area contributed by atoms with Gasteiger partial charge >= 0.3 is 47.5 Å². The third-order valence-electron chi connectivity index (χ3n) is 12.0. The summed E-state index contributed by atoms with van der Waals surface area (Å²) in [6.45, 7) is 10.9. The second-order valence-electron chi connectivity index (χ2n) is 14.6. The van der Waals surface area contributed by atoms with Gasteiger partial charge in [0.1, 0.15) is 18.3 Å². The van der Waals surface area contributed by atoms with Crippen LogP contribution in [-0.4, -0.2) is 64.6 Å². The third-order valence-corrected chi connectivity index (χ3v) is 12.0. The molecule has 10 nitrogen and oxygen atoms in total. The molecular weight excluding hydrogens is 579 g/mol. The summed E-state index contributed by atoms with van der Waals surface area (Å²) in [7, 11) is 0. The molecule has 4 saturated carbocycles. The summed E-state index contributed by atoms with van der Waals surface area (Å²) < 4.78 is 17.9. The number of ether oxygens (including phenoxy) is 3. The van der Waals surface area contributed by atoms with Gasteiger partial charge in [0.05, 0.1) is 12.2 Å². The molecule has 0 bridgehead atoms. The average Bonchev–Trinajstić information content (AvgIpc) is 3.22. The van der Waals surface area contributed by atoms with Gasteiger partial charge < -0.3 is 34.3 Å². The minimum Gasteiger partial charge on any atom is -0.550 e. The molecule has 0 amide bonds. The first-order valence-corrected chi connectivity index (χ1v) is 16.1. The maximum absolute atomic E-state index is 12.5. The van der Waals surface area contributed by atoms with E-state index in [1.807, 2.05) is 0 Å². The summed E-state index contributed by atoms with van der Waals surface area (Å²) in [4.78, 5) is 47.6. The van der Waals surface area contributed by atoms with E-state index in [4.69, 9.17) is 14.2 Å². The molecule has 13 atom stereocenters. The molecule has 0 saturated heterocycles. The number of aliphatic hydroxyl groups excluding tert-OH is 2. The Hall–Kier alpha value is -1.20. The number of carboxylic acid groups (broad SMARTS) is 1. The monoisotopic (exact) mass is 630 g/mol. The van der Waals surface area contributed by atoms with Crippen molar-refractivity contribution in [1.29, 1.82) is 0 Å². The Balaban J connectivity index is 0.00000529. The van der Waals surface area contributed by atoms with Crippen molar-refractivity contribution in [3.63, 3.8) is 0 Å². The van der Waals surface area contributed by atoms with Crippen molar-refractivity contribution in [3.05, 3.63) is 0 Å². The number of esters is 3. The fourth-order valence-electron chi connectivity index (χ4n) is 10.4. The smallest absolute Gasteiger partial charge is 0.550 e. The van der Waals surface area contributed by atoms with Crippen LogP contribution in [0.25, 0.3) is 0 Å². The van der Waals surface area contributed by atoms with E-state index in [-0.39, 0.29) is 113 Å². The molecule has 44 heavy (non-hydrogen) atoms. The van der Waals surface area contributed by atoms with E-state index >= 15 is 0 Å². The second-order valence-corrected chi connectivity index (χ2v) is 14.6. The standard InChI is InChI=1S/C33H52O10.Na/c1-17(11-22(37)14-23(38)15-30(39)40)25-7-8-26-31-27(16-29(33(25,26)6)43-20(4)36)32(5)10-9-24(41-18(2)34)12-21(32)13-28(31)42-19(3)35;/h17,21-29,31,37-38H,7-16H2,1-6H3,(H,39,40);/q;+1/p-1/t17-,21+,22?,23?,24-,25-,26+,27+,28-,29+,31+,32+,33-;/m1./s1. The van der Waals surface area contributed by atoms with Crippen LogP contribution in [0, 0.1) is 46.3 Å². The normalized spacial score (nSPS) is 39.6. The van der Waals surface area contributed by atoms with Crippen molar-refractivity contribution >= 4 is 23.9 Å². The molecule has 4 rings (SSSR count). The molecule has 0 radical (unpaired) electrons. The van der Waals surface area contributed by atoms with Crippen LogP contribution < -0.4 is 34.7 Å². The van der Waals surface area contributed by atoms with Gasteiger partial charge in [0.2, 0.25) is 0 Å². The number of aliphatic carboxylic acids is 1. The summed E-state index contributed by atoms with van der Waals surface area (Å²) in [5, 5.41) is 31.7. The predicted octanol–water partition coefficient (Wildman–Crippen LogP) is -0.0577. The van der Waals surface area contributed by atoms with E-state index in [0.29, 0.717) is 19.3 Å². The number of hydrogen-bond donors (Lipinski definition) is 2. The first kappa shape index (κ1) is 37.3. The Bertz CT molecular complexity index is 1070. The van der Waals surface area contributed by atoms with Crippen LogP contribution in [0.1, 0.15) is 106 Å². The molecule has 0 spiro atoms. The number of carbonyl (C=O) groups excluding carboxylic acids is 4. The molecule has 0 aliphatic heterocycles. The van der Waals surface area contributed by atoms with Crippen LogP contribution >= 0.6 is 0 Å². The summed E-state index contributed by atoms with van der Waals surface area (Å²) in [5.74, 6) is -1.64. The van der Waals surface area contributed by atoms with Crippen LogP contribution in [-0.2, 0) is 33.4 Å². The SMILES string of the molecule is CC(=O)O[C@@H]1CC[C@@]2(C)[C@@H](C1)C[C@@H](OC(C)=O)[C@@H]1[C@@H]2C[C@H](OC(C)=O)[C@]2(C)[C@@H]([C@H](C)CC(O)CC(O)CC(=O)[O-])CC[C@@H]12.[Na+]. The number of hydrogen-bond acceptors (Lipinski definition) is 10. The zero-order chi connectivity index (χ0) is 31.9. The van der Waals surface area contributed by atoms with Crippen molar-refractivity contribution in [2.24, 2.45) is 46.3 Å². The van der Waals surface area contributed by atoms with E-state index < -0.39 is 30.0 Å². The summed E-state index contributed by atoms with van der Waals surface area (Å²) in [6.07, 6.45) is 2.40. The zero-order valence-corrected chi connectivity index (χ0v) is 29.6. The molecular formula is C33H51NaO10. The van der Waals surface area contributed by atoms with Gasteiger partial charge in [0, 0.05) is 44.5 Å². The molecule has 4 aliphatic carbocycles. The topological polar surface area (TPSA) is 159 Å². The van der Waals surface area contributed by atoms with Crippen molar-refractivity contribution in [3.8, 4) is 0 Å². The van der Waals surface area contributed by atoms with Gasteiger partial charge in [-0.2, -0.15) is 0 Å². The maximum atomic E-state index is 12.5. The third kappa shape index (κ3) is 7.67. The van der Waals surface area contributed by atoms with Crippen LogP contribution in [0.15, 0.2) is 0 Å². The first-order valence-electron chi connectivity index (χ1n) is 16.1. The average molecular weight is 631 g/mol. The van der Waals surface area contributed by atoms with E-state index in [9.17, 15) is 34.5 Å². The van der Waals surface area contributed by atoms with Crippen molar-refractivity contribution in [2.45, 2.75) is 136 Å². The molecule has 4 fully saturated rings. The maximum Gasteiger partial charge on any atom is 1.00 e. The fourth-order valence-corrected chi connectivity index (χ4v) is 10.4. The van der Waals surface area contributed by atoms with Crippen molar-refractivity contribution < 1.29 is 78.3 Å². The minimum atomic E-state index is -1.36. The number of aliphatic hydroxyl groups is 2. The van der Waals surface area contributed by atoms with Gasteiger partial charge in [-0.3, -0.25) is 14.4 Å². The van der Waals surface area contributed by atoms with Gasteiger partial charge in [-0.05, 0) is 92.8 Å². The van der Waals surface area contributed by atoms with Gasteiger partial charge in [-0.1, -0.05) is 20.8 Å². The van der Waals surface area contributed by atoms with E-state index in [2.05, 4.69) is 20.8 Å².